The van der Waals surface area contributed by atoms with Crippen molar-refractivity contribution in [3.63, 3.8) is 0 Å². The molecule has 3 rings (SSSR count). The van der Waals surface area contributed by atoms with Gasteiger partial charge in [0.1, 0.15) is 36.2 Å². The van der Waals surface area contributed by atoms with E-state index >= 15 is 0 Å². The molecule has 0 spiro atoms. The number of benzene rings is 1. The van der Waals surface area contributed by atoms with Gasteiger partial charge in [0.15, 0.2) is 5.76 Å². The predicted octanol–water partition coefficient (Wildman–Crippen LogP) is -0.144. The van der Waals surface area contributed by atoms with Crippen molar-refractivity contribution in [2.45, 2.75) is 30.5 Å². The molecule has 0 unspecified atom stereocenters. The maximum atomic E-state index is 10.1. The molecule has 0 radical (unpaired) electrons. The summed E-state index contributed by atoms with van der Waals surface area (Å²) < 4.78 is 10.7. The van der Waals surface area contributed by atoms with Gasteiger partial charge in [-0.05, 0) is 0 Å². The maximum Gasteiger partial charge on any atom is 0.167 e. The van der Waals surface area contributed by atoms with E-state index in [1.165, 1.54) is 0 Å². The first-order valence-corrected chi connectivity index (χ1v) is 6.94. The van der Waals surface area contributed by atoms with Crippen molar-refractivity contribution in [3.05, 3.63) is 42.1 Å². The van der Waals surface area contributed by atoms with Crippen molar-refractivity contribution in [3.8, 4) is 11.3 Å². The van der Waals surface area contributed by atoms with Gasteiger partial charge in [-0.25, -0.2) is 0 Å². The summed E-state index contributed by atoms with van der Waals surface area (Å²) in [5, 5.41) is 42.7. The lowest BCUT2D eigenvalue weighted by atomic mass is 9.93. The minimum absolute atomic E-state index is 0.288. The molecule has 0 aliphatic carbocycles. The molecule has 4 N–H and O–H groups in total. The SMILES string of the molecule is OC[C@H]1O[C@@H](c2cc(-c3ccccc3)on2)[C@H](O)[C@@H](O)[C@@H]1O. The van der Waals surface area contributed by atoms with Crippen LogP contribution in [0.5, 0.6) is 0 Å². The summed E-state index contributed by atoms with van der Waals surface area (Å²) in [6.07, 6.45) is -6.16. The fourth-order valence-electron chi connectivity index (χ4n) is 2.51. The topological polar surface area (TPSA) is 116 Å². The monoisotopic (exact) mass is 307 g/mol. The van der Waals surface area contributed by atoms with E-state index in [2.05, 4.69) is 5.16 Å². The highest BCUT2D eigenvalue weighted by Gasteiger charge is 2.45. The Bertz CT molecular complexity index is 614. The number of aliphatic hydroxyl groups is 4. The quantitative estimate of drug-likeness (QED) is 0.623. The molecular weight excluding hydrogens is 290 g/mol. The van der Waals surface area contributed by atoms with Crippen LogP contribution in [0.15, 0.2) is 40.9 Å². The van der Waals surface area contributed by atoms with E-state index in [-0.39, 0.29) is 5.69 Å². The van der Waals surface area contributed by atoms with E-state index in [1.807, 2.05) is 30.3 Å². The van der Waals surface area contributed by atoms with Gasteiger partial charge >= 0.3 is 0 Å². The van der Waals surface area contributed by atoms with Crippen molar-refractivity contribution >= 4 is 0 Å². The Labute approximate surface area is 126 Å². The third-order valence-corrected chi connectivity index (χ3v) is 3.77. The van der Waals surface area contributed by atoms with Crippen LogP contribution in [0.25, 0.3) is 11.3 Å². The van der Waals surface area contributed by atoms with Gasteiger partial charge in [0.2, 0.25) is 0 Å². The Morgan fingerprint density at radius 3 is 2.41 bits per heavy atom. The highest BCUT2D eigenvalue weighted by Crippen LogP contribution is 2.33. The van der Waals surface area contributed by atoms with Gasteiger partial charge in [-0.3, -0.25) is 0 Å². The first-order valence-electron chi connectivity index (χ1n) is 6.94. The standard InChI is InChI=1S/C15H17NO6/c17-7-11-12(18)13(19)14(20)15(21-11)9-6-10(22-16-9)8-4-2-1-3-5-8/h1-6,11-15,17-20H,7H2/t11-,12-,13+,14-,15+/m1/s1. The second-order valence-corrected chi connectivity index (χ2v) is 5.23. The van der Waals surface area contributed by atoms with Crippen LogP contribution in [-0.4, -0.2) is 56.6 Å². The van der Waals surface area contributed by atoms with Crippen molar-refractivity contribution in [1.29, 1.82) is 0 Å². The molecule has 7 heteroatoms. The molecule has 1 fully saturated rings. The number of aliphatic hydroxyl groups excluding tert-OH is 4. The van der Waals surface area contributed by atoms with Crippen molar-refractivity contribution in [2.75, 3.05) is 6.61 Å². The zero-order chi connectivity index (χ0) is 15.7. The van der Waals surface area contributed by atoms with Crippen LogP contribution in [0, 0.1) is 0 Å². The predicted molar refractivity (Wildman–Crippen MR) is 74.7 cm³/mol. The Hall–Kier alpha value is -1.77. The zero-order valence-electron chi connectivity index (χ0n) is 11.6. The van der Waals surface area contributed by atoms with E-state index < -0.39 is 37.1 Å². The van der Waals surface area contributed by atoms with Crippen LogP contribution in [0.1, 0.15) is 11.8 Å². The number of nitrogens with zero attached hydrogens (tertiary/aromatic N) is 1. The van der Waals surface area contributed by atoms with Gasteiger partial charge in [0, 0.05) is 11.6 Å². The molecule has 1 aliphatic rings. The van der Waals surface area contributed by atoms with Crippen molar-refractivity contribution in [1.82, 2.24) is 5.16 Å². The van der Waals surface area contributed by atoms with Gasteiger partial charge in [0.25, 0.3) is 0 Å². The fraction of sp³-hybridized carbons (Fsp3) is 0.400. The largest absolute Gasteiger partial charge is 0.394 e. The Morgan fingerprint density at radius 2 is 1.73 bits per heavy atom. The van der Waals surface area contributed by atoms with Crippen molar-refractivity contribution < 1.29 is 29.7 Å². The first kappa shape index (κ1) is 15.1. The summed E-state index contributed by atoms with van der Waals surface area (Å²) in [5.41, 5.74) is 1.10. The van der Waals surface area contributed by atoms with Gasteiger partial charge in [-0.2, -0.15) is 0 Å². The third kappa shape index (κ3) is 2.65. The summed E-state index contributed by atoms with van der Waals surface area (Å²) >= 11 is 0. The molecule has 5 atom stereocenters. The minimum atomic E-state index is -1.44. The average molecular weight is 307 g/mol. The molecule has 1 aromatic heterocycles. The molecule has 22 heavy (non-hydrogen) atoms. The summed E-state index contributed by atoms with van der Waals surface area (Å²) in [6, 6.07) is 10.9. The first-order chi connectivity index (χ1) is 10.6. The smallest absolute Gasteiger partial charge is 0.167 e. The van der Waals surface area contributed by atoms with Gasteiger partial charge in [-0.15, -0.1) is 0 Å². The minimum Gasteiger partial charge on any atom is -0.394 e. The Kier molecular flexibility index (Phi) is 4.23. The molecule has 0 amide bonds. The van der Waals surface area contributed by atoms with Crippen LogP contribution in [0.2, 0.25) is 0 Å². The van der Waals surface area contributed by atoms with Crippen molar-refractivity contribution in [2.24, 2.45) is 0 Å². The van der Waals surface area contributed by atoms with Crippen LogP contribution in [0.4, 0.5) is 0 Å². The summed E-state index contributed by atoms with van der Waals surface area (Å²) in [6.45, 7) is -0.481. The number of aromatic nitrogens is 1. The average Bonchev–Trinajstić information content (AvgIpc) is 3.04. The number of hydrogen-bond acceptors (Lipinski definition) is 7. The third-order valence-electron chi connectivity index (χ3n) is 3.77. The zero-order valence-corrected chi connectivity index (χ0v) is 11.6. The Balaban J connectivity index is 1.86. The maximum absolute atomic E-state index is 10.1. The fourth-order valence-corrected chi connectivity index (χ4v) is 2.51. The van der Waals surface area contributed by atoms with E-state index in [0.717, 1.165) is 5.56 Å². The van der Waals surface area contributed by atoms with Gasteiger partial charge in [-0.1, -0.05) is 35.5 Å². The molecular formula is C15H17NO6. The summed E-state index contributed by atoms with van der Waals surface area (Å²) in [5.74, 6) is 0.493. The number of hydrogen-bond donors (Lipinski definition) is 4. The molecule has 1 aromatic carbocycles. The number of rotatable bonds is 3. The molecule has 1 saturated heterocycles. The molecule has 0 saturated carbocycles. The molecule has 2 aromatic rings. The lowest BCUT2D eigenvalue weighted by Gasteiger charge is -2.39. The van der Waals surface area contributed by atoms with E-state index in [0.29, 0.717) is 5.76 Å². The second kappa shape index (κ2) is 6.15. The van der Waals surface area contributed by atoms with E-state index in [4.69, 9.17) is 9.26 Å². The second-order valence-electron chi connectivity index (χ2n) is 5.23. The highest BCUT2D eigenvalue weighted by molar-refractivity contribution is 5.57. The lowest BCUT2D eigenvalue weighted by molar-refractivity contribution is -0.233. The Morgan fingerprint density at radius 1 is 1.00 bits per heavy atom. The van der Waals surface area contributed by atoms with Gasteiger partial charge in [0.05, 0.1) is 6.61 Å². The lowest BCUT2D eigenvalue weighted by Crippen LogP contribution is -2.55. The molecule has 118 valence electrons. The molecule has 0 bridgehead atoms. The van der Waals surface area contributed by atoms with Crippen LogP contribution in [0.3, 0.4) is 0 Å². The van der Waals surface area contributed by atoms with Gasteiger partial charge < -0.3 is 29.7 Å². The number of ether oxygens (including phenoxy) is 1. The normalized spacial score (nSPS) is 32.1. The van der Waals surface area contributed by atoms with Crippen LogP contribution in [-0.2, 0) is 4.74 Å². The molecule has 2 heterocycles. The van der Waals surface area contributed by atoms with Crippen LogP contribution < -0.4 is 0 Å². The molecule has 1 aliphatic heterocycles. The summed E-state index contributed by atoms with van der Waals surface area (Å²) in [7, 11) is 0. The van der Waals surface area contributed by atoms with Crippen LogP contribution >= 0.6 is 0 Å². The van der Waals surface area contributed by atoms with E-state index in [1.54, 1.807) is 6.07 Å². The molecule has 7 nitrogen and oxygen atoms in total. The highest BCUT2D eigenvalue weighted by atomic mass is 16.5. The van der Waals surface area contributed by atoms with E-state index in [9.17, 15) is 20.4 Å². The summed E-state index contributed by atoms with van der Waals surface area (Å²) in [4.78, 5) is 0.